The number of ether oxygens (including phenoxy) is 2. The summed E-state index contributed by atoms with van der Waals surface area (Å²) in [7, 11) is 0. The molecule has 0 aliphatic heterocycles. The zero-order chi connectivity index (χ0) is 22.9. The molecule has 32 heavy (non-hydrogen) atoms. The third-order valence-electron chi connectivity index (χ3n) is 4.32. The number of nitrogens with one attached hydrogen (secondary N) is 1. The van der Waals surface area contributed by atoms with Gasteiger partial charge in [0.05, 0.1) is 21.8 Å². The topological polar surface area (TPSA) is 59.9 Å². The Morgan fingerprint density at radius 3 is 2.41 bits per heavy atom. The van der Waals surface area contributed by atoms with Crippen molar-refractivity contribution in [1.29, 1.82) is 0 Å². The van der Waals surface area contributed by atoms with Crippen molar-refractivity contribution in [2.75, 3.05) is 6.61 Å². The monoisotopic (exact) mass is 578 g/mol. The van der Waals surface area contributed by atoms with Crippen molar-refractivity contribution in [1.82, 2.24) is 5.43 Å². The van der Waals surface area contributed by atoms with E-state index in [0.29, 0.717) is 29.5 Å². The first kappa shape index (κ1) is 24.3. The van der Waals surface area contributed by atoms with E-state index < -0.39 is 0 Å². The lowest BCUT2D eigenvalue weighted by molar-refractivity contribution is 0.0955. The molecule has 0 atom stereocenters. The molecule has 0 unspecified atom stereocenters. The SMILES string of the molecule is CCCOc1ccc(C(=O)N/N=C\c2cc(Br)c(OCc3ccccc3Cl)c(Br)c2)cc1. The molecule has 0 saturated heterocycles. The highest BCUT2D eigenvalue weighted by molar-refractivity contribution is 9.11. The van der Waals surface area contributed by atoms with E-state index in [1.807, 2.05) is 43.3 Å². The van der Waals surface area contributed by atoms with Crippen LogP contribution < -0.4 is 14.9 Å². The Morgan fingerprint density at radius 2 is 1.75 bits per heavy atom. The number of carbonyl (C=O) groups excluding carboxylic acids is 1. The number of nitrogens with zero attached hydrogens (tertiary/aromatic N) is 1. The number of hydrazone groups is 1. The van der Waals surface area contributed by atoms with E-state index in [0.717, 1.165) is 32.2 Å². The molecule has 3 rings (SSSR count). The molecule has 0 radical (unpaired) electrons. The van der Waals surface area contributed by atoms with Crippen molar-refractivity contribution in [2.45, 2.75) is 20.0 Å². The predicted octanol–water partition coefficient (Wildman–Crippen LogP) is 7.00. The van der Waals surface area contributed by atoms with Crippen molar-refractivity contribution in [3.05, 3.63) is 91.3 Å². The summed E-state index contributed by atoms with van der Waals surface area (Å²) in [6, 6.07) is 18.2. The highest BCUT2D eigenvalue weighted by Crippen LogP contribution is 2.35. The van der Waals surface area contributed by atoms with Crippen LogP contribution in [0, 0.1) is 0 Å². The molecule has 3 aromatic rings. The van der Waals surface area contributed by atoms with Crippen molar-refractivity contribution >= 4 is 55.6 Å². The van der Waals surface area contributed by atoms with Gasteiger partial charge in [-0.3, -0.25) is 4.79 Å². The molecule has 0 saturated carbocycles. The number of benzene rings is 3. The fourth-order valence-electron chi connectivity index (χ4n) is 2.71. The molecule has 3 aromatic carbocycles. The minimum Gasteiger partial charge on any atom is -0.494 e. The van der Waals surface area contributed by atoms with E-state index in [4.69, 9.17) is 21.1 Å². The van der Waals surface area contributed by atoms with Crippen LogP contribution in [0.4, 0.5) is 0 Å². The molecule has 0 heterocycles. The van der Waals surface area contributed by atoms with Crippen LogP contribution in [-0.2, 0) is 6.61 Å². The van der Waals surface area contributed by atoms with E-state index in [9.17, 15) is 4.79 Å². The molecule has 0 aromatic heterocycles. The van der Waals surface area contributed by atoms with Crippen molar-refractivity contribution in [3.63, 3.8) is 0 Å². The van der Waals surface area contributed by atoms with Crippen LogP contribution >= 0.6 is 43.5 Å². The van der Waals surface area contributed by atoms with Crippen LogP contribution in [-0.4, -0.2) is 18.7 Å². The van der Waals surface area contributed by atoms with Gasteiger partial charge in [0.25, 0.3) is 5.91 Å². The molecular formula is C24H21Br2ClN2O3. The molecule has 0 aliphatic rings. The Kier molecular flexibility index (Phi) is 9.14. The summed E-state index contributed by atoms with van der Waals surface area (Å²) in [6.07, 6.45) is 2.49. The van der Waals surface area contributed by atoms with Crippen molar-refractivity contribution in [2.24, 2.45) is 5.10 Å². The van der Waals surface area contributed by atoms with Crippen LogP contribution in [0.5, 0.6) is 11.5 Å². The third kappa shape index (κ3) is 6.82. The Morgan fingerprint density at radius 1 is 1.06 bits per heavy atom. The largest absolute Gasteiger partial charge is 0.494 e. The minimum absolute atomic E-state index is 0.305. The van der Waals surface area contributed by atoms with E-state index in [2.05, 4.69) is 42.4 Å². The highest BCUT2D eigenvalue weighted by atomic mass is 79.9. The van der Waals surface area contributed by atoms with Crippen LogP contribution in [0.2, 0.25) is 5.02 Å². The number of amides is 1. The number of carbonyl (C=O) groups is 1. The molecule has 8 heteroatoms. The summed E-state index contributed by atoms with van der Waals surface area (Å²) in [5.74, 6) is 1.08. The van der Waals surface area contributed by atoms with E-state index in [1.54, 1.807) is 30.5 Å². The smallest absolute Gasteiger partial charge is 0.271 e. The Labute approximate surface area is 209 Å². The van der Waals surface area contributed by atoms with Crippen LogP contribution in [0.25, 0.3) is 0 Å². The maximum Gasteiger partial charge on any atom is 0.271 e. The molecule has 0 fully saturated rings. The van der Waals surface area contributed by atoms with Gasteiger partial charge in [-0.25, -0.2) is 5.43 Å². The molecule has 1 N–H and O–H groups in total. The summed E-state index contributed by atoms with van der Waals surface area (Å²) in [6.45, 7) is 3.02. The first-order chi connectivity index (χ1) is 15.5. The molecule has 0 aliphatic carbocycles. The average Bonchev–Trinajstić information content (AvgIpc) is 2.78. The highest BCUT2D eigenvalue weighted by Gasteiger charge is 2.10. The van der Waals surface area contributed by atoms with Gasteiger partial charge < -0.3 is 9.47 Å². The molecule has 0 spiro atoms. The minimum atomic E-state index is -0.305. The first-order valence-electron chi connectivity index (χ1n) is 9.89. The third-order valence-corrected chi connectivity index (χ3v) is 5.87. The lowest BCUT2D eigenvalue weighted by atomic mass is 10.2. The first-order valence-corrected chi connectivity index (χ1v) is 11.9. The molecule has 166 valence electrons. The number of hydrogen-bond acceptors (Lipinski definition) is 4. The molecule has 5 nitrogen and oxygen atoms in total. The fraction of sp³-hybridized carbons (Fsp3) is 0.167. The second kappa shape index (κ2) is 12.0. The van der Waals surface area contributed by atoms with Gasteiger partial charge in [0, 0.05) is 16.1 Å². The van der Waals surface area contributed by atoms with Crippen LogP contribution in [0.15, 0.2) is 74.7 Å². The molecule has 0 bridgehead atoms. The maximum atomic E-state index is 12.3. The lowest BCUT2D eigenvalue weighted by Crippen LogP contribution is -2.17. The van der Waals surface area contributed by atoms with Gasteiger partial charge >= 0.3 is 0 Å². The Balaban J connectivity index is 1.60. The summed E-state index contributed by atoms with van der Waals surface area (Å²) in [5, 5.41) is 4.71. The van der Waals surface area contributed by atoms with Crippen molar-refractivity contribution in [3.8, 4) is 11.5 Å². The quantitative estimate of drug-likeness (QED) is 0.219. The van der Waals surface area contributed by atoms with E-state index >= 15 is 0 Å². The zero-order valence-electron chi connectivity index (χ0n) is 17.3. The van der Waals surface area contributed by atoms with Gasteiger partial charge in [-0.15, -0.1) is 0 Å². The van der Waals surface area contributed by atoms with Gasteiger partial charge in [-0.05, 0) is 86.3 Å². The Bertz CT molecular complexity index is 1080. The summed E-state index contributed by atoms with van der Waals surface area (Å²) in [5.41, 5.74) is 4.70. The van der Waals surface area contributed by atoms with Gasteiger partial charge in [0.15, 0.2) is 0 Å². The lowest BCUT2D eigenvalue weighted by Gasteiger charge is -2.12. The number of hydrogen-bond donors (Lipinski definition) is 1. The van der Waals surface area contributed by atoms with Gasteiger partial charge in [0.2, 0.25) is 0 Å². The standard InChI is InChI=1S/C24H21Br2ClN2O3/c1-2-11-31-19-9-7-17(8-10-19)24(30)29-28-14-16-12-20(25)23(21(26)13-16)32-15-18-5-3-4-6-22(18)27/h3-10,12-14H,2,11,15H2,1H3,(H,29,30)/b28-14-. The van der Waals surface area contributed by atoms with E-state index in [1.165, 1.54) is 0 Å². The van der Waals surface area contributed by atoms with Crippen molar-refractivity contribution < 1.29 is 14.3 Å². The van der Waals surface area contributed by atoms with Crippen LogP contribution in [0.1, 0.15) is 34.8 Å². The van der Waals surface area contributed by atoms with Crippen LogP contribution in [0.3, 0.4) is 0 Å². The average molecular weight is 581 g/mol. The second-order valence-electron chi connectivity index (χ2n) is 6.77. The van der Waals surface area contributed by atoms with Gasteiger partial charge in [-0.1, -0.05) is 36.7 Å². The molecule has 1 amide bonds. The van der Waals surface area contributed by atoms with Gasteiger partial charge in [-0.2, -0.15) is 5.10 Å². The predicted molar refractivity (Wildman–Crippen MR) is 135 cm³/mol. The second-order valence-corrected chi connectivity index (χ2v) is 8.88. The number of rotatable bonds is 9. The normalized spacial score (nSPS) is 10.9. The summed E-state index contributed by atoms with van der Waals surface area (Å²) in [4.78, 5) is 12.3. The number of halogens is 3. The van der Waals surface area contributed by atoms with E-state index in [-0.39, 0.29) is 5.91 Å². The summed E-state index contributed by atoms with van der Waals surface area (Å²) < 4.78 is 12.9. The molecular weight excluding hydrogens is 560 g/mol. The maximum absolute atomic E-state index is 12.3. The summed E-state index contributed by atoms with van der Waals surface area (Å²) >= 11 is 13.2. The van der Waals surface area contributed by atoms with Gasteiger partial charge in [0.1, 0.15) is 18.1 Å². The zero-order valence-corrected chi connectivity index (χ0v) is 21.2. The fourth-order valence-corrected chi connectivity index (χ4v) is 4.35. The Hall–Kier alpha value is -2.35.